The number of amides is 1. The fourth-order valence-corrected chi connectivity index (χ4v) is 4.56. The van der Waals surface area contributed by atoms with E-state index < -0.39 is 0 Å². The molecule has 1 fully saturated rings. The minimum atomic E-state index is 0.0292. The molecule has 32 heavy (non-hydrogen) atoms. The van der Waals surface area contributed by atoms with Crippen LogP contribution in [0.3, 0.4) is 0 Å². The third-order valence-electron chi connectivity index (χ3n) is 6.33. The first kappa shape index (κ1) is 22.3. The van der Waals surface area contributed by atoms with E-state index in [1.165, 1.54) is 11.1 Å². The molecular formula is C28H33N3O. The van der Waals surface area contributed by atoms with Gasteiger partial charge in [0, 0.05) is 38.3 Å². The second-order valence-corrected chi connectivity index (χ2v) is 8.53. The second kappa shape index (κ2) is 11.1. The lowest BCUT2D eigenvalue weighted by atomic mass is 9.96. The molecule has 3 aromatic carbocycles. The molecule has 1 N–H and O–H groups in total. The molecule has 4 heteroatoms. The van der Waals surface area contributed by atoms with Gasteiger partial charge in [0.05, 0.1) is 6.04 Å². The monoisotopic (exact) mass is 427 g/mol. The smallest absolute Gasteiger partial charge is 0.251 e. The van der Waals surface area contributed by atoms with Crippen LogP contribution in [0.1, 0.15) is 39.5 Å². The number of hydrogen-bond donors (Lipinski definition) is 1. The Morgan fingerprint density at radius 1 is 0.812 bits per heavy atom. The highest BCUT2D eigenvalue weighted by Crippen LogP contribution is 2.29. The molecule has 0 bridgehead atoms. The number of benzene rings is 3. The van der Waals surface area contributed by atoms with E-state index in [2.05, 4.69) is 75.8 Å². The first-order valence-electron chi connectivity index (χ1n) is 11.6. The summed E-state index contributed by atoms with van der Waals surface area (Å²) in [6.45, 7) is 7.91. The van der Waals surface area contributed by atoms with E-state index >= 15 is 0 Å². The van der Waals surface area contributed by atoms with E-state index in [0.717, 1.165) is 50.3 Å². The van der Waals surface area contributed by atoms with Crippen LogP contribution in [-0.4, -0.2) is 55.0 Å². The van der Waals surface area contributed by atoms with Gasteiger partial charge < -0.3 is 10.2 Å². The molecule has 1 saturated heterocycles. The van der Waals surface area contributed by atoms with Gasteiger partial charge in [0.2, 0.25) is 0 Å². The van der Waals surface area contributed by atoms with Crippen LogP contribution in [0.4, 0.5) is 0 Å². The minimum Gasteiger partial charge on any atom is -0.352 e. The Morgan fingerprint density at radius 3 is 1.97 bits per heavy atom. The Kier molecular flexibility index (Phi) is 7.70. The second-order valence-electron chi connectivity index (χ2n) is 8.53. The first-order chi connectivity index (χ1) is 15.7. The molecule has 1 aliphatic heterocycles. The lowest BCUT2D eigenvalue weighted by molar-refractivity contribution is 0.0940. The summed E-state index contributed by atoms with van der Waals surface area (Å²) < 4.78 is 0. The van der Waals surface area contributed by atoms with E-state index in [9.17, 15) is 4.79 Å². The van der Waals surface area contributed by atoms with Crippen molar-refractivity contribution in [3.63, 3.8) is 0 Å². The van der Waals surface area contributed by atoms with Crippen LogP contribution >= 0.6 is 0 Å². The molecule has 0 unspecified atom stereocenters. The Bertz CT molecular complexity index is 942. The molecule has 0 spiro atoms. The quantitative estimate of drug-likeness (QED) is 0.537. The number of rotatable bonds is 8. The van der Waals surface area contributed by atoms with Gasteiger partial charge in [-0.25, -0.2) is 0 Å². The maximum Gasteiger partial charge on any atom is 0.251 e. The van der Waals surface area contributed by atoms with Crippen molar-refractivity contribution in [1.82, 2.24) is 15.1 Å². The standard InChI is InChI=1S/C28H33N3O/c1-23-11-8-9-16-26(23)28(32)29-17-10-18-30-19-21-31(22-20-30)27(24-12-4-2-5-13-24)25-14-6-3-7-15-25/h2-9,11-16,27H,10,17-22H2,1H3,(H,29,32). The topological polar surface area (TPSA) is 35.6 Å². The van der Waals surface area contributed by atoms with Crippen LogP contribution in [-0.2, 0) is 0 Å². The van der Waals surface area contributed by atoms with Crippen molar-refractivity contribution in [2.45, 2.75) is 19.4 Å². The molecule has 1 heterocycles. The van der Waals surface area contributed by atoms with Crippen molar-refractivity contribution in [1.29, 1.82) is 0 Å². The predicted molar refractivity (Wildman–Crippen MR) is 131 cm³/mol. The Hall–Kier alpha value is -2.95. The number of piperazine rings is 1. The van der Waals surface area contributed by atoms with Crippen LogP contribution in [0.15, 0.2) is 84.9 Å². The van der Waals surface area contributed by atoms with E-state index in [1.807, 2.05) is 31.2 Å². The molecule has 1 amide bonds. The van der Waals surface area contributed by atoms with Gasteiger partial charge in [0.25, 0.3) is 5.91 Å². The zero-order valence-electron chi connectivity index (χ0n) is 18.9. The molecule has 0 aromatic heterocycles. The van der Waals surface area contributed by atoms with E-state index in [0.29, 0.717) is 12.6 Å². The summed E-state index contributed by atoms with van der Waals surface area (Å²) >= 11 is 0. The molecule has 4 nitrogen and oxygen atoms in total. The van der Waals surface area contributed by atoms with Gasteiger partial charge in [-0.2, -0.15) is 0 Å². The van der Waals surface area contributed by atoms with Gasteiger partial charge >= 0.3 is 0 Å². The lowest BCUT2D eigenvalue weighted by Gasteiger charge is -2.39. The van der Waals surface area contributed by atoms with Gasteiger partial charge in [-0.3, -0.25) is 9.69 Å². The molecule has 0 saturated carbocycles. The van der Waals surface area contributed by atoms with E-state index in [1.54, 1.807) is 0 Å². The number of hydrogen-bond acceptors (Lipinski definition) is 3. The zero-order chi connectivity index (χ0) is 22.2. The number of aryl methyl sites for hydroxylation is 1. The molecule has 4 rings (SSSR count). The lowest BCUT2D eigenvalue weighted by Crippen LogP contribution is -2.48. The van der Waals surface area contributed by atoms with Gasteiger partial charge in [-0.1, -0.05) is 78.9 Å². The van der Waals surface area contributed by atoms with Crippen molar-refractivity contribution in [2.75, 3.05) is 39.3 Å². The van der Waals surface area contributed by atoms with Crippen molar-refractivity contribution in [2.24, 2.45) is 0 Å². The summed E-state index contributed by atoms with van der Waals surface area (Å²) in [6, 6.07) is 29.7. The molecule has 3 aromatic rings. The third-order valence-corrected chi connectivity index (χ3v) is 6.33. The van der Waals surface area contributed by atoms with Crippen LogP contribution in [0.5, 0.6) is 0 Å². The molecule has 0 atom stereocenters. The molecular weight excluding hydrogens is 394 g/mol. The van der Waals surface area contributed by atoms with Crippen molar-refractivity contribution < 1.29 is 4.79 Å². The highest BCUT2D eigenvalue weighted by molar-refractivity contribution is 5.95. The summed E-state index contributed by atoms with van der Waals surface area (Å²) in [4.78, 5) is 17.5. The summed E-state index contributed by atoms with van der Waals surface area (Å²) in [5, 5.41) is 3.07. The van der Waals surface area contributed by atoms with Crippen LogP contribution in [0, 0.1) is 6.92 Å². The maximum atomic E-state index is 12.4. The Labute approximate surface area is 191 Å². The predicted octanol–water partition coefficient (Wildman–Crippen LogP) is 4.52. The van der Waals surface area contributed by atoms with Crippen molar-refractivity contribution in [3.05, 3.63) is 107 Å². The van der Waals surface area contributed by atoms with Crippen LogP contribution in [0.25, 0.3) is 0 Å². The largest absolute Gasteiger partial charge is 0.352 e. The number of nitrogens with one attached hydrogen (secondary N) is 1. The van der Waals surface area contributed by atoms with E-state index in [4.69, 9.17) is 0 Å². The average molecular weight is 428 g/mol. The summed E-state index contributed by atoms with van der Waals surface area (Å²) in [5.74, 6) is 0.0292. The van der Waals surface area contributed by atoms with E-state index in [-0.39, 0.29) is 5.91 Å². The van der Waals surface area contributed by atoms with Crippen LogP contribution in [0.2, 0.25) is 0 Å². The van der Waals surface area contributed by atoms with Gasteiger partial charge in [0.1, 0.15) is 0 Å². The average Bonchev–Trinajstić information content (AvgIpc) is 2.84. The SMILES string of the molecule is Cc1ccccc1C(=O)NCCCN1CCN(C(c2ccccc2)c2ccccc2)CC1. The van der Waals surface area contributed by atoms with Crippen molar-refractivity contribution >= 4 is 5.91 Å². The number of carbonyl (C=O) groups excluding carboxylic acids is 1. The fourth-order valence-electron chi connectivity index (χ4n) is 4.56. The fraction of sp³-hybridized carbons (Fsp3) is 0.321. The normalized spacial score (nSPS) is 15.1. The minimum absolute atomic E-state index is 0.0292. The number of nitrogens with zero attached hydrogens (tertiary/aromatic N) is 2. The van der Waals surface area contributed by atoms with Gasteiger partial charge in [-0.15, -0.1) is 0 Å². The van der Waals surface area contributed by atoms with Crippen molar-refractivity contribution in [3.8, 4) is 0 Å². The highest BCUT2D eigenvalue weighted by atomic mass is 16.1. The van der Waals surface area contributed by atoms with Crippen LogP contribution < -0.4 is 5.32 Å². The summed E-state index contributed by atoms with van der Waals surface area (Å²) in [7, 11) is 0. The molecule has 0 aliphatic carbocycles. The molecule has 0 radical (unpaired) electrons. The molecule has 166 valence electrons. The van der Waals surface area contributed by atoms with Gasteiger partial charge in [0.15, 0.2) is 0 Å². The Balaban J connectivity index is 1.27. The Morgan fingerprint density at radius 2 is 1.38 bits per heavy atom. The van der Waals surface area contributed by atoms with Gasteiger partial charge in [-0.05, 0) is 42.6 Å². The highest BCUT2D eigenvalue weighted by Gasteiger charge is 2.26. The third kappa shape index (κ3) is 5.64. The summed E-state index contributed by atoms with van der Waals surface area (Å²) in [5.41, 5.74) is 4.50. The maximum absolute atomic E-state index is 12.4. The summed E-state index contributed by atoms with van der Waals surface area (Å²) in [6.07, 6.45) is 0.971. The zero-order valence-corrected chi connectivity index (χ0v) is 18.9. The molecule has 1 aliphatic rings. The first-order valence-corrected chi connectivity index (χ1v) is 11.6. The number of carbonyl (C=O) groups is 1.